The molecule has 23 heavy (non-hydrogen) atoms. The summed E-state index contributed by atoms with van der Waals surface area (Å²) in [5, 5.41) is 8.60. The van der Waals surface area contributed by atoms with E-state index in [0.717, 1.165) is 5.56 Å². The zero-order chi connectivity index (χ0) is 16.8. The van der Waals surface area contributed by atoms with Crippen LogP contribution in [0, 0.1) is 24.2 Å². The highest BCUT2D eigenvalue weighted by atomic mass is 16.5. The van der Waals surface area contributed by atoms with E-state index in [-0.39, 0.29) is 23.6 Å². The van der Waals surface area contributed by atoms with E-state index in [1.807, 2.05) is 19.1 Å². The lowest BCUT2D eigenvalue weighted by Crippen LogP contribution is -2.30. The minimum absolute atomic E-state index is 0.189. The van der Waals surface area contributed by atoms with Gasteiger partial charge in [0.15, 0.2) is 0 Å². The second kappa shape index (κ2) is 7.59. The molecule has 2 rings (SSSR count). The number of nitrogens with zero attached hydrogens (tertiary/aromatic N) is 1. The van der Waals surface area contributed by atoms with Gasteiger partial charge in [0.2, 0.25) is 0 Å². The van der Waals surface area contributed by atoms with Crippen LogP contribution in [0.4, 0.5) is 0 Å². The summed E-state index contributed by atoms with van der Waals surface area (Å²) in [5.74, 6) is -0.580. The fraction of sp³-hybridized carbons (Fsp3) is 0.389. The SMILES string of the molecule is C=C(C#N)C(=O)OC1CCC(C(=O)Oc2ccc(C)cc2)CC1. The Morgan fingerprint density at radius 1 is 1.17 bits per heavy atom. The number of carbonyl (C=O) groups is 2. The van der Waals surface area contributed by atoms with Crippen molar-refractivity contribution in [2.75, 3.05) is 0 Å². The first-order chi connectivity index (χ1) is 11.0. The number of esters is 2. The molecule has 0 unspecified atom stereocenters. The lowest BCUT2D eigenvalue weighted by atomic mass is 9.87. The van der Waals surface area contributed by atoms with Gasteiger partial charge in [-0.2, -0.15) is 5.26 Å². The maximum absolute atomic E-state index is 12.1. The van der Waals surface area contributed by atoms with E-state index < -0.39 is 5.97 Å². The number of rotatable bonds is 4. The molecule has 0 bridgehead atoms. The summed E-state index contributed by atoms with van der Waals surface area (Å²) in [6.45, 7) is 5.29. The number of ether oxygens (including phenoxy) is 2. The van der Waals surface area contributed by atoms with Crippen molar-refractivity contribution in [3.8, 4) is 11.8 Å². The normalized spacial score (nSPS) is 20.2. The fourth-order valence-corrected chi connectivity index (χ4v) is 2.49. The predicted octanol–water partition coefficient (Wildman–Crippen LogP) is 3.08. The van der Waals surface area contributed by atoms with Crippen molar-refractivity contribution >= 4 is 11.9 Å². The molecule has 120 valence electrons. The highest BCUT2D eigenvalue weighted by molar-refractivity contribution is 5.92. The number of nitriles is 1. The molecule has 0 saturated heterocycles. The third-order valence-corrected chi connectivity index (χ3v) is 3.90. The molecule has 0 N–H and O–H groups in total. The molecule has 0 amide bonds. The second-order valence-corrected chi connectivity index (χ2v) is 5.70. The number of benzene rings is 1. The van der Waals surface area contributed by atoms with E-state index in [4.69, 9.17) is 14.7 Å². The minimum Gasteiger partial charge on any atom is -0.458 e. The molecule has 1 aliphatic carbocycles. The Bertz CT molecular complexity index is 634. The lowest BCUT2D eigenvalue weighted by molar-refractivity contribution is -0.147. The molecule has 1 aliphatic rings. The Hall–Kier alpha value is -2.61. The van der Waals surface area contributed by atoms with Gasteiger partial charge < -0.3 is 9.47 Å². The molecular formula is C18H19NO4. The van der Waals surface area contributed by atoms with E-state index in [9.17, 15) is 9.59 Å². The average molecular weight is 313 g/mol. The molecule has 1 aromatic carbocycles. The zero-order valence-electron chi connectivity index (χ0n) is 13.1. The van der Waals surface area contributed by atoms with Gasteiger partial charge in [-0.1, -0.05) is 24.3 Å². The minimum atomic E-state index is -0.682. The van der Waals surface area contributed by atoms with Gasteiger partial charge in [-0.3, -0.25) is 4.79 Å². The number of hydrogen-bond donors (Lipinski definition) is 0. The lowest BCUT2D eigenvalue weighted by Gasteiger charge is -2.26. The van der Waals surface area contributed by atoms with Crippen LogP contribution in [-0.2, 0) is 14.3 Å². The van der Waals surface area contributed by atoms with Crippen molar-refractivity contribution in [2.24, 2.45) is 5.92 Å². The first-order valence-corrected chi connectivity index (χ1v) is 7.58. The summed E-state index contributed by atoms with van der Waals surface area (Å²) in [6, 6.07) is 8.99. The second-order valence-electron chi connectivity index (χ2n) is 5.70. The molecular weight excluding hydrogens is 294 g/mol. The number of carbonyl (C=O) groups excluding carboxylic acids is 2. The fourth-order valence-electron chi connectivity index (χ4n) is 2.49. The molecule has 0 aliphatic heterocycles. The molecule has 1 aromatic rings. The molecule has 1 saturated carbocycles. The molecule has 0 aromatic heterocycles. The van der Waals surface area contributed by atoms with Crippen LogP contribution in [0.25, 0.3) is 0 Å². The van der Waals surface area contributed by atoms with Gasteiger partial charge in [0.25, 0.3) is 0 Å². The van der Waals surface area contributed by atoms with Gasteiger partial charge in [0.05, 0.1) is 5.92 Å². The van der Waals surface area contributed by atoms with E-state index in [2.05, 4.69) is 6.58 Å². The summed E-state index contributed by atoms with van der Waals surface area (Å²) in [6.07, 6.45) is 2.09. The Balaban J connectivity index is 1.81. The van der Waals surface area contributed by atoms with Crippen molar-refractivity contribution in [2.45, 2.75) is 38.7 Å². The third kappa shape index (κ3) is 4.68. The van der Waals surface area contributed by atoms with Crippen molar-refractivity contribution in [1.29, 1.82) is 5.26 Å². The first-order valence-electron chi connectivity index (χ1n) is 7.58. The van der Waals surface area contributed by atoms with Crippen molar-refractivity contribution in [3.63, 3.8) is 0 Å². The van der Waals surface area contributed by atoms with Gasteiger partial charge in [0.1, 0.15) is 23.5 Å². The zero-order valence-corrected chi connectivity index (χ0v) is 13.1. The van der Waals surface area contributed by atoms with Crippen LogP contribution in [0.5, 0.6) is 5.75 Å². The van der Waals surface area contributed by atoms with Gasteiger partial charge in [-0.25, -0.2) is 4.79 Å². The Labute approximate surface area is 135 Å². The van der Waals surface area contributed by atoms with Crippen LogP contribution < -0.4 is 4.74 Å². The quantitative estimate of drug-likeness (QED) is 0.369. The standard InChI is InChI=1S/C18H19NO4/c1-12-3-7-15(8-4-12)23-18(21)14-5-9-16(10-6-14)22-17(20)13(2)11-19/h3-4,7-8,14,16H,2,5-6,9-10H2,1H3. The average Bonchev–Trinajstić information content (AvgIpc) is 2.56. The molecule has 5 heteroatoms. The number of hydrogen-bond acceptors (Lipinski definition) is 5. The summed E-state index contributed by atoms with van der Waals surface area (Å²) in [5.41, 5.74) is 0.900. The summed E-state index contributed by atoms with van der Waals surface area (Å²) >= 11 is 0. The Morgan fingerprint density at radius 3 is 2.35 bits per heavy atom. The molecule has 0 radical (unpaired) electrons. The topological polar surface area (TPSA) is 76.4 Å². The summed E-state index contributed by atoms with van der Waals surface area (Å²) in [7, 11) is 0. The van der Waals surface area contributed by atoms with Crippen LogP contribution in [0.2, 0.25) is 0 Å². The van der Waals surface area contributed by atoms with Gasteiger partial charge in [-0.15, -0.1) is 0 Å². The largest absolute Gasteiger partial charge is 0.458 e. The van der Waals surface area contributed by atoms with Crippen LogP contribution in [0.15, 0.2) is 36.4 Å². The van der Waals surface area contributed by atoms with E-state index in [1.165, 1.54) is 0 Å². The maximum Gasteiger partial charge on any atom is 0.348 e. The highest BCUT2D eigenvalue weighted by Gasteiger charge is 2.29. The van der Waals surface area contributed by atoms with Gasteiger partial charge in [-0.05, 0) is 44.7 Å². The smallest absolute Gasteiger partial charge is 0.348 e. The van der Waals surface area contributed by atoms with Crippen LogP contribution >= 0.6 is 0 Å². The highest BCUT2D eigenvalue weighted by Crippen LogP contribution is 2.28. The van der Waals surface area contributed by atoms with E-state index in [1.54, 1.807) is 18.2 Å². The Morgan fingerprint density at radius 2 is 1.78 bits per heavy atom. The molecule has 5 nitrogen and oxygen atoms in total. The predicted molar refractivity (Wildman–Crippen MR) is 83.4 cm³/mol. The monoisotopic (exact) mass is 313 g/mol. The third-order valence-electron chi connectivity index (χ3n) is 3.90. The van der Waals surface area contributed by atoms with Gasteiger partial charge in [0, 0.05) is 0 Å². The molecule has 0 spiro atoms. The first kappa shape index (κ1) is 16.8. The number of aryl methyl sites for hydroxylation is 1. The van der Waals surface area contributed by atoms with Crippen molar-refractivity contribution in [3.05, 3.63) is 42.0 Å². The maximum atomic E-state index is 12.1. The molecule has 0 heterocycles. The summed E-state index contributed by atoms with van der Waals surface area (Å²) in [4.78, 5) is 23.6. The van der Waals surface area contributed by atoms with Crippen LogP contribution in [0.3, 0.4) is 0 Å². The Kier molecular flexibility index (Phi) is 5.53. The van der Waals surface area contributed by atoms with Crippen molar-refractivity contribution in [1.82, 2.24) is 0 Å². The van der Waals surface area contributed by atoms with Gasteiger partial charge >= 0.3 is 11.9 Å². The van der Waals surface area contributed by atoms with E-state index in [0.29, 0.717) is 31.4 Å². The van der Waals surface area contributed by atoms with Crippen molar-refractivity contribution < 1.29 is 19.1 Å². The van der Waals surface area contributed by atoms with Crippen LogP contribution in [0.1, 0.15) is 31.2 Å². The van der Waals surface area contributed by atoms with E-state index >= 15 is 0 Å². The summed E-state index contributed by atoms with van der Waals surface area (Å²) < 4.78 is 10.6. The molecule has 1 fully saturated rings. The molecule has 0 atom stereocenters. The van der Waals surface area contributed by atoms with Crippen LogP contribution in [-0.4, -0.2) is 18.0 Å².